The molecule has 3 rings (SSSR count). The molecule has 1 aliphatic rings. The summed E-state index contributed by atoms with van der Waals surface area (Å²) in [6.45, 7) is 2.26. The van der Waals surface area contributed by atoms with Gasteiger partial charge in [0.05, 0.1) is 0 Å². The highest BCUT2D eigenvalue weighted by Crippen LogP contribution is 2.23. The Bertz CT molecular complexity index is 438. The number of fused-ring (bicyclic) bond motifs is 1. The first kappa shape index (κ1) is 8.06. The minimum absolute atomic E-state index is 0.648. The molecule has 0 saturated carbocycles. The van der Waals surface area contributed by atoms with Gasteiger partial charge in [0, 0.05) is 24.3 Å². The van der Waals surface area contributed by atoms with E-state index in [4.69, 9.17) is 0 Å². The number of aromatic nitrogens is 1. The van der Waals surface area contributed by atoms with Gasteiger partial charge in [0.2, 0.25) is 0 Å². The molecule has 0 bridgehead atoms. The Hall–Kier alpha value is -1.28. The summed E-state index contributed by atoms with van der Waals surface area (Å²) in [5, 5.41) is 4.75. The summed E-state index contributed by atoms with van der Waals surface area (Å²) < 4.78 is 2.40. The minimum atomic E-state index is 0.648. The van der Waals surface area contributed by atoms with Crippen molar-refractivity contribution in [1.82, 2.24) is 9.88 Å². The average molecular weight is 186 g/mol. The van der Waals surface area contributed by atoms with Crippen molar-refractivity contribution in [2.45, 2.75) is 12.5 Å². The molecule has 72 valence electrons. The van der Waals surface area contributed by atoms with Gasteiger partial charge in [-0.25, -0.2) is 0 Å². The fourth-order valence-electron chi connectivity index (χ4n) is 2.30. The summed E-state index contributed by atoms with van der Waals surface area (Å²) in [4.78, 5) is 0. The van der Waals surface area contributed by atoms with Crippen LogP contribution in [-0.4, -0.2) is 17.7 Å². The van der Waals surface area contributed by atoms with Gasteiger partial charge in [0.15, 0.2) is 0 Å². The maximum Gasteiger partial charge on any atom is 0.0483 e. The van der Waals surface area contributed by atoms with Crippen molar-refractivity contribution in [3.63, 3.8) is 0 Å². The zero-order valence-corrected chi connectivity index (χ0v) is 8.11. The Kier molecular flexibility index (Phi) is 1.81. The van der Waals surface area contributed by atoms with Gasteiger partial charge in [-0.1, -0.05) is 18.2 Å². The van der Waals surface area contributed by atoms with Gasteiger partial charge in [0.25, 0.3) is 0 Å². The second-order valence-electron chi connectivity index (χ2n) is 3.93. The molecule has 1 fully saturated rings. The largest absolute Gasteiger partial charge is 0.343 e. The van der Waals surface area contributed by atoms with Gasteiger partial charge < -0.3 is 9.88 Å². The van der Waals surface area contributed by atoms with Crippen molar-refractivity contribution in [3.8, 4) is 0 Å². The topological polar surface area (TPSA) is 17.0 Å². The summed E-state index contributed by atoms with van der Waals surface area (Å²) in [6.07, 6.45) is 3.46. The fraction of sp³-hybridized carbons (Fsp3) is 0.333. The van der Waals surface area contributed by atoms with Crippen molar-refractivity contribution in [3.05, 3.63) is 36.5 Å². The average Bonchev–Trinajstić information content (AvgIpc) is 2.85. The van der Waals surface area contributed by atoms with E-state index in [0.717, 1.165) is 13.1 Å². The summed E-state index contributed by atoms with van der Waals surface area (Å²) in [7, 11) is 0. The predicted molar refractivity (Wildman–Crippen MR) is 58.5 cm³/mol. The Morgan fingerprint density at radius 3 is 3.00 bits per heavy atom. The number of hydrogen-bond donors (Lipinski definition) is 1. The van der Waals surface area contributed by atoms with Crippen LogP contribution >= 0.6 is 0 Å². The van der Waals surface area contributed by atoms with Crippen LogP contribution in [0, 0.1) is 0 Å². The quantitative estimate of drug-likeness (QED) is 0.722. The zero-order chi connectivity index (χ0) is 9.38. The molecule has 1 aromatic carbocycles. The Balaban J connectivity index is 2.11. The molecule has 0 amide bonds. The summed E-state index contributed by atoms with van der Waals surface area (Å²) in [5.74, 6) is 0. The highest BCUT2D eigenvalue weighted by molar-refractivity contribution is 5.80. The highest BCUT2D eigenvalue weighted by atomic mass is 15.1. The number of hydrogen-bond acceptors (Lipinski definition) is 1. The van der Waals surface area contributed by atoms with Crippen LogP contribution in [0.25, 0.3) is 10.9 Å². The van der Waals surface area contributed by atoms with Gasteiger partial charge in [-0.3, -0.25) is 0 Å². The van der Waals surface area contributed by atoms with Crippen LogP contribution in [0.15, 0.2) is 36.5 Å². The van der Waals surface area contributed by atoms with Crippen LogP contribution in [0.4, 0.5) is 0 Å². The predicted octanol–water partition coefficient (Wildman–Crippen LogP) is 2.18. The molecule has 1 N–H and O–H groups in total. The van der Waals surface area contributed by atoms with Gasteiger partial charge in [-0.05, 0) is 30.5 Å². The second kappa shape index (κ2) is 3.14. The first-order chi connectivity index (χ1) is 6.95. The maximum absolute atomic E-state index is 3.40. The smallest absolute Gasteiger partial charge is 0.0483 e. The van der Waals surface area contributed by atoms with Crippen molar-refractivity contribution in [1.29, 1.82) is 0 Å². The first-order valence-electron chi connectivity index (χ1n) is 5.21. The van der Waals surface area contributed by atoms with Crippen LogP contribution in [-0.2, 0) is 0 Å². The Morgan fingerprint density at radius 2 is 2.14 bits per heavy atom. The van der Waals surface area contributed by atoms with Crippen molar-refractivity contribution in [2.24, 2.45) is 0 Å². The van der Waals surface area contributed by atoms with Crippen molar-refractivity contribution in [2.75, 3.05) is 13.1 Å². The first-order valence-corrected chi connectivity index (χ1v) is 5.21. The van der Waals surface area contributed by atoms with Crippen molar-refractivity contribution >= 4 is 10.9 Å². The van der Waals surface area contributed by atoms with Crippen molar-refractivity contribution < 1.29 is 0 Å². The number of rotatable bonds is 1. The Labute approximate surface area is 83.5 Å². The van der Waals surface area contributed by atoms with E-state index < -0.39 is 0 Å². The molecule has 0 radical (unpaired) electrons. The lowest BCUT2D eigenvalue weighted by molar-refractivity contribution is 0.565. The molecular weight excluding hydrogens is 172 g/mol. The van der Waals surface area contributed by atoms with Gasteiger partial charge in [0.1, 0.15) is 0 Å². The van der Waals surface area contributed by atoms with Gasteiger partial charge in [-0.2, -0.15) is 0 Å². The summed E-state index contributed by atoms with van der Waals surface area (Å²) >= 11 is 0. The lowest BCUT2D eigenvalue weighted by atomic mass is 10.2. The summed E-state index contributed by atoms with van der Waals surface area (Å²) in [5.41, 5.74) is 1.36. The van der Waals surface area contributed by atoms with Crippen LogP contribution < -0.4 is 5.32 Å². The zero-order valence-electron chi connectivity index (χ0n) is 8.11. The van der Waals surface area contributed by atoms with Gasteiger partial charge in [-0.15, -0.1) is 0 Å². The molecule has 1 aromatic heterocycles. The van der Waals surface area contributed by atoms with E-state index in [1.165, 1.54) is 17.3 Å². The Morgan fingerprint density at radius 1 is 1.21 bits per heavy atom. The molecule has 1 aliphatic heterocycles. The molecule has 1 atom stereocenters. The lowest BCUT2D eigenvalue weighted by Gasteiger charge is -2.12. The van der Waals surface area contributed by atoms with E-state index in [1.807, 2.05) is 0 Å². The SMILES string of the molecule is c1ccc2c(c1)ccn2C1CCNC1. The van der Waals surface area contributed by atoms with E-state index in [2.05, 4.69) is 46.4 Å². The molecule has 0 spiro atoms. The molecule has 1 unspecified atom stereocenters. The minimum Gasteiger partial charge on any atom is -0.343 e. The standard InChI is InChI=1S/C12H14N2/c1-2-4-12-10(3-1)6-8-14(12)11-5-7-13-9-11/h1-4,6,8,11,13H,5,7,9H2. The molecule has 0 aliphatic carbocycles. The fourth-order valence-corrected chi connectivity index (χ4v) is 2.30. The van der Waals surface area contributed by atoms with Gasteiger partial charge >= 0.3 is 0 Å². The van der Waals surface area contributed by atoms with E-state index >= 15 is 0 Å². The molecule has 1 saturated heterocycles. The van der Waals surface area contributed by atoms with E-state index in [1.54, 1.807) is 0 Å². The van der Waals surface area contributed by atoms with E-state index in [0.29, 0.717) is 6.04 Å². The number of nitrogens with one attached hydrogen (secondary N) is 1. The second-order valence-corrected chi connectivity index (χ2v) is 3.93. The number of para-hydroxylation sites is 1. The number of benzene rings is 1. The third-order valence-electron chi connectivity index (χ3n) is 3.06. The molecule has 14 heavy (non-hydrogen) atoms. The molecule has 2 nitrogen and oxygen atoms in total. The molecular formula is C12H14N2. The number of nitrogens with zero attached hydrogens (tertiary/aromatic N) is 1. The molecule has 2 aromatic rings. The van der Waals surface area contributed by atoms with Crippen LogP contribution in [0.2, 0.25) is 0 Å². The highest BCUT2D eigenvalue weighted by Gasteiger charge is 2.16. The van der Waals surface area contributed by atoms with Crippen LogP contribution in [0.5, 0.6) is 0 Å². The third kappa shape index (κ3) is 1.15. The van der Waals surface area contributed by atoms with Crippen LogP contribution in [0.1, 0.15) is 12.5 Å². The normalized spacial score (nSPS) is 21.9. The third-order valence-corrected chi connectivity index (χ3v) is 3.06. The maximum atomic E-state index is 3.40. The van der Waals surface area contributed by atoms with E-state index in [-0.39, 0.29) is 0 Å². The molecule has 2 heterocycles. The molecule has 2 heteroatoms. The van der Waals surface area contributed by atoms with E-state index in [9.17, 15) is 0 Å². The summed E-state index contributed by atoms with van der Waals surface area (Å²) in [6, 6.07) is 11.4. The van der Waals surface area contributed by atoms with Crippen LogP contribution in [0.3, 0.4) is 0 Å². The monoisotopic (exact) mass is 186 g/mol. The lowest BCUT2D eigenvalue weighted by Crippen LogP contribution is -2.12.